The molecule has 0 radical (unpaired) electrons. The second-order valence-corrected chi connectivity index (χ2v) is 7.63. The van der Waals surface area contributed by atoms with Crippen LogP contribution >= 0.6 is 0 Å². The Hall–Kier alpha value is -2.81. The molecule has 9 nitrogen and oxygen atoms in total. The summed E-state index contributed by atoms with van der Waals surface area (Å²) in [7, 11) is 1.73. The molecule has 0 unspecified atom stereocenters. The van der Waals surface area contributed by atoms with E-state index in [0.717, 1.165) is 0 Å². The number of carbonyl (C=O) groups excluding carboxylic acids is 3. The van der Waals surface area contributed by atoms with Crippen LogP contribution in [0.2, 0.25) is 0 Å². The van der Waals surface area contributed by atoms with E-state index in [0.29, 0.717) is 11.5 Å². The van der Waals surface area contributed by atoms with E-state index in [4.69, 9.17) is 9.15 Å². The molecule has 2 rings (SSSR count). The number of furan rings is 1. The van der Waals surface area contributed by atoms with Gasteiger partial charge in [0.05, 0.1) is 25.0 Å². The Morgan fingerprint density at radius 3 is 2.64 bits per heavy atom. The van der Waals surface area contributed by atoms with Gasteiger partial charge in [0.2, 0.25) is 5.91 Å². The van der Waals surface area contributed by atoms with E-state index in [2.05, 4.69) is 16.0 Å². The summed E-state index contributed by atoms with van der Waals surface area (Å²) >= 11 is 0. The standard InChI is InChI=1S/C19H28N4O5/c1-6-27-17(25)15-12(10-23(5)11-14(24)22-19(2,3)4)20-18(26)21-16(15)13-8-7-9-28-13/h7-9,16H,6,10-11H2,1-5H3,(H,22,24)(H2,20,21,26)/t16-/m1/s1. The van der Waals surface area contributed by atoms with Gasteiger partial charge in [0, 0.05) is 17.8 Å². The van der Waals surface area contributed by atoms with Gasteiger partial charge in [-0.3, -0.25) is 9.69 Å². The third-order valence-electron chi connectivity index (χ3n) is 3.83. The fraction of sp³-hybridized carbons (Fsp3) is 0.526. The van der Waals surface area contributed by atoms with Gasteiger partial charge in [0.15, 0.2) is 0 Å². The average molecular weight is 392 g/mol. The van der Waals surface area contributed by atoms with E-state index >= 15 is 0 Å². The molecule has 1 aromatic rings. The van der Waals surface area contributed by atoms with E-state index in [-0.39, 0.29) is 36.7 Å². The number of hydrogen-bond acceptors (Lipinski definition) is 6. The summed E-state index contributed by atoms with van der Waals surface area (Å²) in [5.41, 5.74) is 0.273. The van der Waals surface area contributed by atoms with Gasteiger partial charge in [-0.05, 0) is 46.9 Å². The first kappa shape index (κ1) is 21.5. The lowest BCUT2D eigenvalue weighted by molar-refractivity contribution is -0.139. The summed E-state index contributed by atoms with van der Waals surface area (Å²) in [6, 6.07) is 2.12. The molecule has 0 saturated carbocycles. The molecule has 28 heavy (non-hydrogen) atoms. The van der Waals surface area contributed by atoms with Crippen LogP contribution in [0.4, 0.5) is 4.79 Å². The highest BCUT2D eigenvalue weighted by Gasteiger charge is 2.35. The molecular formula is C19H28N4O5. The second-order valence-electron chi connectivity index (χ2n) is 7.63. The summed E-state index contributed by atoms with van der Waals surface area (Å²) < 4.78 is 10.6. The topological polar surface area (TPSA) is 113 Å². The van der Waals surface area contributed by atoms with Crippen LogP contribution in [0, 0.1) is 0 Å². The summed E-state index contributed by atoms with van der Waals surface area (Å²) in [4.78, 5) is 38.6. The maximum Gasteiger partial charge on any atom is 0.338 e. The van der Waals surface area contributed by atoms with Gasteiger partial charge >= 0.3 is 12.0 Å². The fourth-order valence-corrected chi connectivity index (χ4v) is 2.89. The second kappa shape index (κ2) is 8.92. The van der Waals surface area contributed by atoms with Crippen LogP contribution < -0.4 is 16.0 Å². The number of carbonyl (C=O) groups is 3. The smallest absolute Gasteiger partial charge is 0.338 e. The van der Waals surface area contributed by atoms with Gasteiger partial charge in [-0.15, -0.1) is 0 Å². The highest BCUT2D eigenvalue weighted by molar-refractivity contribution is 5.95. The van der Waals surface area contributed by atoms with Crippen LogP contribution in [0.5, 0.6) is 0 Å². The molecule has 0 spiro atoms. The van der Waals surface area contributed by atoms with E-state index in [1.165, 1.54) is 6.26 Å². The maximum atomic E-state index is 12.6. The SMILES string of the molecule is CCOC(=O)C1=C(CN(C)CC(=O)NC(C)(C)C)NC(=O)N[C@@H]1c1ccco1. The number of rotatable bonds is 7. The van der Waals surface area contributed by atoms with Crippen molar-refractivity contribution in [3.05, 3.63) is 35.4 Å². The van der Waals surface area contributed by atoms with Crippen molar-refractivity contribution in [3.8, 4) is 0 Å². The minimum Gasteiger partial charge on any atom is -0.467 e. The Labute approximate surface area is 164 Å². The predicted molar refractivity (Wildman–Crippen MR) is 102 cm³/mol. The Morgan fingerprint density at radius 1 is 1.36 bits per heavy atom. The van der Waals surface area contributed by atoms with Crippen LogP contribution in [0.15, 0.2) is 34.1 Å². The predicted octanol–water partition coefficient (Wildman–Crippen LogP) is 1.30. The highest BCUT2D eigenvalue weighted by Crippen LogP contribution is 2.28. The zero-order valence-electron chi connectivity index (χ0n) is 16.9. The number of urea groups is 1. The minimum absolute atomic E-state index is 0.103. The quantitative estimate of drug-likeness (QED) is 0.603. The first-order valence-electron chi connectivity index (χ1n) is 9.11. The number of amides is 3. The van der Waals surface area contributed by atoms with Gasteiger partial charge in [0.1, 0.15) is 11.8 Å². The Kier molecular flexibility index (Phi) is 6.85. The Balaban J connectivity index is 2.27. The van der Waals surface area contributed by atoms with Gasteiger partial charge < -0.3 is 25.1 Å². The number of likely N-dealkylation sites (N-methyl/N-ethyl adjacent to an activating group) is 1. The van der Waals surface area contributed by atoms with E-state index < -0.39 is 18.0 Å². The van der Waals surface area contributed by atoms with Gasteiger partial charge in [-0.1, -0.05) is 0 Å². The normalized spacial score (nSPS) is 17.2. The van der Waals surface area contributed by atoms with Gasteiger partial charge in [-0.25, -0.2) is 9.59 Å². The number of ether oxygens (including phenoxy) is 1. The van der Waals surface area contributed by atoms with E-state index in [9.17, 15) is 14.4 Å². The molecule has 9 heteroatoms. The Morgan fingerprint density at radius 2 is 2.07 bits per heavy atom. The largest absolute Gasteiger partial charge is 0.467 e. The first-order chi connectivity index (χ1) is 13.1. The van der Waals surface area contributed by atoms with Crippen LogP contribution in [-0.4, -0.2) is 55.1 Å². The monoisotopic (exact) mass is 392 g/mol. The summed E-state index contributed by atoms with van der Waals surface area (Å²) in [6.45, 7) is 7.87. The van der Waals surface area contributed by atoms with Crippen molar-refractivity contribution >= 4 is 17.9 Å². The number of esters is 1. The van der Waals surface area contributed by atoms with Crippen molar-refractivity contribution in [2.24, 2.45) is 0 Å². The molecular weight excluding hydrogens is 364 g/mol. The molecule has 1 aliphatic heterocycles. The molecule has 0 fully saturated rings. The van der Waals surface area contributed by atoms with Crippen LogP contribution in [0.1, 0.15) is 39.5 Å². The lowest BCUT2D eigenvalue weighted by Crippen LogP contribution is -2.49. The van der Waals surface area contributed by atoms with Gasteiger partial charge in [-0.2, -0.15) is 0 Å². The lowest BCUT2D eigenvalue weighted by atomic mass is 10.00. The average Bonchev–Trinajstić information content (AvgIpc) is 3.06. The Bertz CT molecular complexity index is 749. The number of hydrogen-bond donors (Lipinski definition) is 3. The molecule has 1 aliphatic rings. The van der Waals surface area contributed by atoms with Crippen LogP contribution in [0.25, 0.3) is 0 Å². The third kappa shape index (κ3) is 5.85. The summed E-state index contributed by atoms with van der Waals surface area (Å²) in [5.74, 6) is -0.293. The first-order valence-corrected chi connectivity index (χ1v) is 9.11. The highest BCUT2D eigenvalue weighted by atomic mass is 16.5. The van der Waals surface area contributed by atoms with E-state index in [1.54, 1.807) is 31.0 Å². The van der Waals surface area contributed by atoms with Crippen molar-refractivity contribution in [2.75, 3.05) is 26.7 Å². The molecule has 3 amide bonds. The molecule has 0 bridgehead atoms. The van der Waals surface area contributed by atoms with Crippen LogP contribution in [-0.2, 0) is 14.3 Å². The van der Waals surface area contributed by atoms with Crippen molar-refractivity contribution < 1.29 is 23.5 Å². The minimum atomic E-state index is -0.769. The fourth-order valence-electron chi connectivity index (χ4n) is 2.89. The lowest BCUT2D eigenvalue weighted by Gasteiger charge is -2.30. The molecule has 0 aromatic carbocycles. The molecule has 0 saturated heterocycles. The molecule has 154 valence electrons. The summed E-state index contributed by atoms with van der Waals surface area (Å²) in [6.07, 6.45) is 1.47. The van der Waals surface area contributed by atoms with Crippen molar-refractivity contribution in [1.29, 1.82) is 0 Å². The van der Waals surface area contributed by atoms with Crippen LogP contribution in [0.3, 0.4) is 0 Å². The molecule has 1 atom stereocenters. The van der Waals surface area contributed by atoms with Gasteiger partial charge in [0.25, 0.3) is 0 Å². The number of nitrogens with one attached hydrogen (secondary N) is 3. The third-order valence-corrected chi connectivity index (χ3v) is 3.83. The zero-order chi connectivity index (χ0) is 20.9. The maximum absolute atomic E-state index is 12.6. The number of nitrogens with zero attached hydrogens (tertiary/aromatic N) is 1. The van der Waals surface area contributed by atoms with Crippen molar-refractivity contribution in [2.45, 2.75) is 39.3 Å². The molecule has 1 aromatic heterocycles. The summed E-state index contributed by atoms with van der Waals surface area (Å²) in [5, 5.41) is 8.23. The molecule has 2 heterocycles. The van der Waals surface area contributed by atoms with Crippen molar-refractivity contribution in [3.63, 3.8) is 0 Å². The van der Waals surface area contributed by atoms with E-state index in [1.807, 2.05) is 20.8 Å². The zero-order valence-corrected chi connectivity index (χ0v) is 16.9. The molecule has 0 aliphatic carbocycles. The van der Waals surface area contributed by atoms with Crippen molar-refractivity contribution in [1.82, 2.24) is 20.9 Å². The molecule has 3 N–H and O–H groups in total.